The minimum atomic E-state index is -2.97. The molecule has 6 nitrogen and oxygen atoms in total. The van der Waals surface area contributed by atoms with Crippen molar-refractivity contribution < 1.29 is 23.0 Å². The highest BCUT2D eigenvalue weighted by Gasteiger charge is 2.14. The number of benzene rings is 1. The number of thiazole rings is 1. The van der Waals surface area contributed by atoms with E-state index in [-0.39, 0.29) is 23.9 Å². The van der Waals surface area contributed by atoms with Gasteiger partial charge >= 0.3 is 6.61 Å². The van der Waals surface area contributed by atoms with E-state index in [1.807, 2.05) is 6.92 Å². The van der Waals surface area contributed by atoms with Crippen molar-refractivity contribution in [3.05, 3.63) is 39.8 Å². The summed E-state index contributed by atoms with van der Waals surface area (Å²) in [5.41, 5.74) is 6.15. The molecule has 0 spiro atoms. The molecule has 0 atom stereocenters. The number of hydrogen-bond acceptors (Lipinski definition) is 6. The zero-order valence-corrected chi connectivity index (χ0v) is 15.2. The lowest BCUT2D eigenvalue weighted by Crippen LogP contribution is -2.23. The molecule has 0 saturated carbocycles. The maximum absolute atomic E-state index is 12.7. The maximum atomic E-state index is 12.7. The van der Waals surface area contributed by atoms with Gasteiger partial charge in [0.15, 0.2) is 0 Å². The highest BCUT2D eigenvalue weighted by Crippen LogP contribution is 2.27. The van der Waals surface area contributed by atoms with Crippen LogP contribution in [0.5, 0.6) is 11.5 Å². The van der Waals surface area contributed by atoms with E-state index < -0.39 is 6.61 Å². The third-order valence-electron chi connectivity index (χ3n) is 3.31. The molecule has 0 bridgehead atoms. The maximum Gasteiger partial charge on any atom is 0.387 e. The van der Waals surface area contributed by atoms with E-state index >= 15 is 0 Å². The monoisotopic (exact) mass is 385 g/mol. The largest absolute Gasteiger partial charge is 0.493 e. The molecule has 0 aliphatic heterocycles. The third kappa shape index (κ3) is 5.92. The van der Waals surface area contributed by atoms with Gasteiger partial charge < -0.3 is 20.5 Å². The van der Waals surface area contributed by atoms with Gasteiger partial charge in [0.1, 0.15) is 17.2 Å². The van der Waals surface area contributed by atoms with Gasteiger partial charge in [-0.25, -0.2) is 4.98 Å². The summed E-state index contributed by atoms with van der Waals surface area (Å²) in [7, 11) is 0. The number of rotatable bonds is 10. The van der Waals surface area contributed by atoms with Crippen LogP contribution in [-0.4, -0.2) is 30.7 Å². The van der Waals surface area contributed by atoms with Gasteiger partial charge in [-0.1, -0.05) is 6.92 Å². The van der Waals surface area contributed by atoms with Crippen molar-refractivity contribution in [1.29, 1.82) is 0 Å². The molecule has 0 aliphatic rings. The second-order valence-corrected chi connectivity index (χ2v) is 6.29. The number of nitrogens with one attached hydrogen (secondary N) is 1. The lowest BCUT2D eigenvalue weighted by atomic mass is 10.2. The molecule has 0 saturated heterocycles. The first-order valence-corrected chi connectivity index (χ1v) is 9.04. The van der Waals surface area contributed by atoms with Crippen molar-refractivity contribution in [2.45, 2.75) is 32.9 Å². The molecular formula is C17H21F2N3O3S. The molecule has 1 aromatic carbocycles. The number of carbonyl (C=O) groups excluding carboxylic acids is 1. The molecule has 0 aliphatic carbocycles. The Balaban J connectivity index is 2.05. The van der Waals surface area contributed by atoms with Gasteiger partial charge in [0.2, 0.25) is 0 Å². The molecule has 0 unspecified atom stereocenters. The van der Waals surface area contributed by atoms with Gasteiger partial charge in [-0.2, -0.15) is 8.78 Å². The van der Waals surface area contributed by atoms with Gasteiger partial charge in [0.05, 0.1) is 11.6 Å². The quantitative estimate of drug-likeness (QED) is 0.657. The van der Waals surface area contributed by atoms with E-state index in [1.165, 1.54) is 17.4 Å². The lowest BCUT2D eigenvalue weighted by Gasteiger charge is -2.13. The smallest absolute Gasteiger partial charge is 0.387 e. The Labute approximate surface area is 154 Å². The van der Waals surface area contributed by atoms with Crippen LogP contribution in [0.2, 0.25) is 0 Å². The average molecular weight is 385 g/mol. The normalized spacial score (nSPS) is 10.8. The predicted octanol–water partition coefficient (Wildman–Crippen LogP) is 2.96. The van der Waals surface area contributed by atoms with E-state index in [4.69, 9.17) is 10.5 Å². The van der Waals surface area contributed by atoms with Gasteiger partial charge in [-0.15, -0.1) is 11.3 Å². The molecule has 1 amide bonds. The Morgan fingerprint density at radius 2 is 2.23 bits per heavy atom. The SMILES string of the molecule is CCCOc1ccc(CNC(=O)c2csc(CCN)n2)c(OC(F)F)c1. The summed E-state index contributed by atoms with van der Waals surface area (Å²) in [6.07, 6.45) is 1.40. The average Bonchev–Trinajstić information content (AvgIpc) is 3.07. The lowest BCUT2D eigenvalue weighted by molar-refractivity contribution is -0.0505. The first-order chi connectivity index (χ1) is 12.5. The standard InChI is InChI=1S/C17H21F2N3O3S/c1-2-7-24-12-4-3-11(14(8-12)25-17(18)19)9-21-16(23)13-10-26-15(22-13)5-6-20/h3-4,8,10,17H,2,5-7,9,20H2,1H3,(H,21,23). The van der Waals surface area contributed by atoms with Crippen LogP contribution in [-0.2, 0) is 13.0 Å². The number of aromatic nitrogens is 1. The van der Waals surface area contributed by atoms with E-state index in [0.717, 1.165) is 11.4 Å². The van der Waals surface area contributed by atoms with Crippen LogP contribution in [0.4, 0.5) is 8.78 Å². The highest BCUT2D eigenvalue weighted by atomic mass is 32.1. The van der Waals surface area contributed by atoms with Crippen molar-refractivity contribution in [2.24, 2.45) is 5.73 Å². The topological polar surface area (TPSA) is 86.5 Å². The summed E-state index contributed by atoms with van der Waals surface area (Å²) in [4.78, 5) is 16.4. The summed E-state index contributed by atoms with van der Waals surface area (Å²) >= 11 is 1.35. The van der Waals surface area contributed by atoms with E-state index in [1.54, 1.807) is 17.5 Å². The minimum absolute atomic E-state index is 0.0265. The summed E-state index contributed by atoms with van der Waals surface area (Å²) in [5, 5.41) is 5.07. The number of halogens is 2. The Bertz CT molecular complexity index is 725. The molecule has 1 aromatic heterocycles. The summed E-state index contributed by atoms with van der Waals surface area (Å²) < 4.78 is 35.3. The Kier molecular flexibility index (Phi) is 7.73. The van der Waals surface area contributed by atoms with Gasteiger partial charge in [-0.05, 0) is 25.1 Å². The number of amides is 1. The van der Waals surface area contributed by atoms with Crippen molar-refractivity contribution in [3.8, 4) is 11.5 Å². The van der Waals surface area contributed by atoms with Crippen LogP contribution >= 0.6 is 11.3 Å². The summed E-state index contributed by atoms with van der Waals surface area (Å²) in [6.45, 7) is -0.0753. The van der Waals surface area contributed by atoms with E-state index in [0.29, 0.717) is 30.9 Å². The Morgan fingerprint density at radius 3 is 2.92 bits per heavy atom. The van der Waals surface area contributed by atoms with Crippen LogP contribution in [0, 0.1) is 0 Å². The fourth-order valence-corrected chi connectivity index (χ4v) is 2.91. The van der Waals surface area contributed by atoms with Crippen LogP contribution in [0.15, 0.2) is 23.6 Å². The van der Waals surface area contributed by atoms with Crippen LogP contribution in [0.25, 0.3) is 0 Å². The van der Waals surface area contributed by atoms with Crippen LogP contribution < -0.4 is 20.5 Å². The van der Waals surface area contributed by atoms with Crippen molar-refractivity contribution >= 4 is 17.2 Å². The first kappa shape index (κ1) is 20.1. The molecule has 142 valence electrons. The van der Waals surface area contributed by atoms with Crippen molar-refractivity contribution in [3.63, 3.8) is 0 Å². The van der Waals surface area contributed by atoms with E-state index in [2.05, 4.69) is 15.0 Å². The third-order valence-corrected chi connectivity index (χ3v) is 4.22. The highest BCUT2D eigenvalue weighted by molar-refractivity contribution is 7.09. The number of nitrogens with two attached hydrogens (primary N) is 1. The fourth-order valence-electron chi connectivity index (χ4n) is 2.12. The fraction of sp³-hybridized carbons (Fsp3) is 0.412. The summed E-state index contributed by atoms with van der Waals surface area (Å²) in [5.74, 6) is 0.0123. The molecular weight excluding hydrogens is 364 g/mol. The molecule has 9 heteroatoms. The number of alkyl halides is 2. The molecule has 0 radical (unpaired) electrons. The molecule has 3 N–H and O–H groups in total. The van der Waals surface area contributed by atoms with Crippen LogP contribution in [0.3, 0.4) is 0 Å². The predicted molar refractivity (Wildman–Crippen MR) is 94.9 cm³/mol. The Hall–Kier alpha value is -2.26. The molecule has 2 aromatic rings. The van der Waals surface area contributed by atoms with Gasteiger partial charge in [0.25, 0.3) is 5.91 Å². The van der Waals surface area contributed by atoms with Gasteiger partial charge in [-0.3, -0.25) is 4.79 Å². The van der Waals surface area contributed by atoms with Crippen molar-refractivity contribution in [1.82, 2.24) is 10.3 Å². The zero-order valence-electron chi connectivity index (χ0n) is 14.3. The second kappa shape index (κ2) is 10.0. The number of hydrogen-bond donors (Lipinski definition) is 2. The minimum Gasteiger partial charge on any atom is -0.493 e. The zero-order chi connectivity index (χ0) is 18.9. The molecule has 0 fully saturated rings. The summed E-state index contributed by atoms with van der Waals surface area (Å²) in [6, 6.07) is 4.63. The van der Waals surface area contributed by atoms with Crippen molar-refractivity contribution in [2.75, 3.05) is 13.2 Å². The molecule has 26 heavy (non-hydrogen) atoms. The second-order valence-electron chi connectivity index (χ2n) is 5.34. The molecule has 1 heterocycles. The Morgan fingerprint density at radius 1 is 1.42 bits per heavy atom. The number of carbonyl (C=O) groups is 1. The number of ether oxygens (including phenoxy) is 2. The first-order valence-electron chi connectivity index (χ1n) is 8.16. The van der Waals surface area contributed by atoms with E-state index in [9.17, 15) is 13.6 Å². The number of nitrogens with zero attached hydrogens (tertiary/aromatic N) is 1. The van der Waals surface area contributed by atoms with Gasteiger partial charge in [0, 0.05) is 30.0 Å². The van der Waals surface area contributed by atoms with Crippen LogP contribution in [0.1, 0.15) is 34.4 Å². The molecule has 2 rings (SSSR count).